The molecule has 0 spiro atoms. The van der Waals surface area contributed by atoms with E-state index >= 15 is 0 Å². The summed E-state index contributed by atoms with van der Waals surface area (Å²) in [6.45, 7) is 9.02. The van der Waals surface area contributed by atoms with Crippen molar-refractivity contribution >= 4 is 0 Å². The summed E-state index contributed by atoms with van der Waals surface area (Å²) in [7, 11) is 0. The second-order valence-corrected chi connectivity index (χ2v) is 7.01. The van der Waals surface area contributed by atoms with Crippen molar-refractivity contribution in [3.63, 3.8) is 0 Å². The Morgan fingerprint density at radius 3 is 1.90 bits per heavy atom. The molecular weight excluding hydrogens is 287 g/mol. The van der Waals surface area contributed by atoms with Crippen LogP contribution < -0.4 is 0 Å². The first-order chi connectivity index (χ1) is 4.45. The third-order valence-corrected chi connectivity index (χ3v) is 4.30. The van der Waals surface area contributed by atoms with Crippen molar-refractivity contribution in [1.82, 2.24) is 0 Å². The van der Waals surface area contributed by atoms with Crippen molar-refractivity contribution in [2.24, 2.45) is 0 Å². The molecular formula is C9H13Hf. The summed E-state index contributed by atoms with van der Waals surface area (Å²) in [6.07, 6.45) is 2.41. The third kappa shape index (κ3) is 1.20. The predicted octanol–water partition coefficient (Wildman–Crippen LogP) is 3.01. The summed E-state index contributed by atoms with van der Waals surface area (Å²) in [5.41, 5.74) is 4.57. The topological polar surface area (TPSA) is 0 Å². The zero-order chi connectivity index (χ0) is 7.94. The van der Waals surface area contributed by atoms with Crippen LogP contribution in [-0.2, 0) is 24.4 Å². The van der Waals surface area contributed by atoms with E-state index in [1.165, 1.54) is 35.5 Å². The molecule has 1 atom stereocenters. The maximum absolute atomic E-state index is 2.41. The fraction of sp³-hybridized carbons (Fsp3) is 0.556. The van der Waals surface area contributed by atoms with E-state index in [2.05, 4.69) is 33.8 Å². The van der Waals surface area contributed by atoms with Crippen molar-refractivity contribution in [2.45, 2.75) is 30.9 Å². The van der Waals surface area contributed by atoms with Crippen LogP contribution in [0.25, 0.3) is 0 Å². The van der Waals surface area contributed by atoms with Crippen LogP contribution in [-0.4, -0.2) is 0 Å². The molecule has 0 nitrogen and oxygen atoms in total. The molecule has 1 unspecified atom stereocenters. The quantitative estimate of drug-likeness (QED) is 0.603. The van der Waals surface area contributed by atoms with Crippen LogP contribution in [0.1, 0.15) is 27.7 Å². The van der Waals surface area contributed by atoms with Crippen LogP contribution in [0.4, 0.5) is 0 Å². The molecule has 0 aromatic rings. The number of hydrogen-bond acceptors (Lipinski definition) is 0. The molecule has 0 heterocycles. The predicted molar refractivity (Wildman–Crippen MR) is 40.5 cm³/mol. The molecule has 1 heteroatoms. The summed E-state index contributed by atoms with van der Waals surface area (Å²) in [6, 6.07) is 0. The molecule has 0 aromatic carbocycles. The second-order valence-electron chi connectivity index (χ2n) is 3.28. The second kappa shape index (κ2) is 2.44. The molecule has 0 N–H and O–H groups in total. The first-order valence-electron chi connectivity index (χ1n) is 3.58. The van der Waals surface area contributed by atoms with Gasteiger partial charge in [0.2, 0.25) is 0 Å². The Morgan fingerprint density at radius 1 is 1.30 bits per heavy atom. The number of allylic oxidation sites excluding steroid dienone is 4. The molecule has 0 saturated carbocycles. The van der Waals surface area contributed by atoms with Gasteiger partial charge in [0.15, 0.2) is 0 Å². The minimum absolute atomic E-state index is 0.453. The molecule has 0 aliphatic heterocycles. The van der Waals surface area contributed by atoms with E-state index in [9.17, 15) is 0 Å². The Morgan fingerprint density at radius 2 is 1.80 bits per heavy atom. The molecule has 0 saturated heterocycles. The van der Waals surface area contributed by atoms with Crippen LogP contribution in [0.5, 0.6) is 0 Å². The Labute approximate surface area is 78.0 Å². The molecule has 1 aliphatic rings. The van der Waals surface area contributed by atoms with Gasteiger partial charge in [-0.25, -0.2) is 0 Å². The van der Waals surface area contributed by atoms with Crippen molar-refractivity contribution in [1.29, 1.82) is 0 Å². The van der Waals surface area contributed by atoms with E-state index < -0.39 is 0 Å². The normalized spacial score (nSPS) is 32.9. The van der Waals surface area contributed by atoms with E-state index in [4.69, 9.17) is 0 Å². The van der Waals surface area contributed by atoms with E-state index in [1.54, 1.807) is 5.57 Å². The fourth-order valence-corrected chi connectivity index (χ4v) is 2.79. The van der Waals surface area contributed by atoms with Gasteiger partial charge in [0, 0.05) is 0 Å². The van der Waals surface area contributed by atoms with Gasteiger partial charge in [0.1, 0.15) is 0 Å². The monoisotopic (exact) mass is 301 g/mol. The zero-order valence-corrected chi connectivity index (χ0v) is 10.7. The summed E-state index contributed by atoms with van der Waals surface area (Å²) in [4.78, 5) is 0. The van der Waals surface area contributed by atoms with Crippen molar-refractivity contribution in [2.75, 3.05) is 0 Å². The van der Waals surface area contributed by atoms with Gasteiger partial charge in [-0.05, 0) is 0 Å². The molecule has 0 aromatic heterocycles. The molecule has 1 aliphatic carbocycles. The van der Waals surface area contributed by atoms with E-state index in [0.29, 0.717) is 3.17 Å². The van der Waals surface area contributed by atoms with Gasteiger partial charge in [0.25, 0.3) is 0 Å². The summed E-state index contributed by atoms with van der Waals surface area (Å²) in [5.74, 6) is 0. The third-order valence-electron chi connectivity index (χ3n) is 2.44. The van der Waals surface area contributed by atoms with Gasteiger partial charge >= 0.3 is 78.0 Å². The molecule has 0 bridgehead atoms. The number of rotatable bonds is 0. The number of hydrogen-bond donors (Lipinski definition) is 0. The first-order valence-corrected chi connectivity index (χ1v) is 5.37. The Kier molecular flexibility index (Phi) is 2.06. The summed E-state index contributed by atoms with van der Waals surface area (Å²) < 4.78 is 0.453. The van der Waals surface area contributed by atoms with Crippen LogP contribution >= 0.6 is 0 Å². The molecule has 0 fully saturated rings. The van der Waals surface area contributed by atoms with Gasteiger partial charge in [-0.15, -0.1) is 0 Å². The van der Waals surface area contributed by atoms with E-state index in [-0.39, 0.29) is 0 Å². The maximum atomic E-state index is 2.41. The van der Waals surface area contributed by atoms with Gasteiger partial charge in [-0.2, -0.15) is 0 Å². The first kappa shape index (κ1) is 8.45. The standard InChI is InChI=1S/C9H13.Hf/c1-6-5-7(2)9(4)8(6)3;/h5H,1-4H3;. The molecule has 0 radical (unpaired) electrons. The molecule has 1 rings (SSSR count). The average molecular weight is 300 g/mol. The van der Waals surface area contributed by atoms with Crippen molar-refractivity contribution in [3.05, 3.63) is 22.8 Å². The molecule has 0 amide bonds. The Hall–Kier alpha value is 0.350. The zero-order valence-electron chi connectivity index (χ0n) is 7.08. The van der Waals surface area contributed by atoms with Gasteiger partial charge in [-0.3, -0.25) is 0 Å². The van der Waals surface area contributed by atoms with Crippen LogP contribution in [0.3, 0.4) is 0 Å². The van der Waals surface area contributed by atoms with Crippen LogP contribution in [0, 0.1) is 0 Å². The van der Waals surface area contributed by atoms with Gasteiger partial charge in [0.05, 0.1) is 0 Å². The van der Waals surface area contributed by atoms with Crippen molar-refractivity contribution in [3.8, 4) is 0 Å². The summed E-state index contributed by atoms with van der Waals surface area (Å²) in [5, 5.41) is 0. The SMILES string of the molecule is CC1=C[C](C)([Hf])C(C)=C1C. The van der Waals surface area contributed by atoms with E-state index in [0.717, 1.165) is 0 Å². The van der Waals surface area contributed by atoms with Crippen LogP contribution in [0.15, 0.2) is 22.8 Å². The Balaban J connectivity index is 3.12. The Bertz CT molecular complexity index is 219. The van der Waals surface area contributed by atoms with Crippen LogP contribution in [0.2, 0.25) is 3.17 Å². The van der Waals surface area contributed by atoms with Crippen molar-refractivity contribution < 1.29 is 24.4 Å². The van der Waals surface area contributed by atoms with E-state index in [1.807, 2.05) is 0 Å². The minimum atomic E-state index is 0.453. The van der Waals surface area contributed by atoms with Gasteiger partial charge < -0.3 is 0 Å². The molecule has 53 valence electrons. The molecule has 10 heavy (non-hydrogen) atoms. The fourth-order valence-electron chi connectivity index (χ4n) is 1.33. The average Bonchev–Trinajstić information content (AvgIpc) is 1.95. The van der Waals surface area contributed by atoms with Gasteiger partial charge in [-0.1, -0.05) is 0 Å². The summed E-state index contributed by atoms with van der Waals surface area (Å²) >= 11 is 1.24.